The minimum Gasteiger partial charge on any atom is -0.462 e. The lowest BCUT2D eigenvalue weighted by atomic mass is 10.1. The van der Waals surface area contributed by atoms with Crippen LogP contribution < -0.4 is 0 Å². The SMILES string of the molecule is CCCCCCOC(=O)c1ccc(C(=O)OCCc2ccccc2F)cc1. The number of carbonyl (C=O) groups is 2. The lowest BCUT2D eigenvalue weighted by Gasteiger charge is -2.07. The summed E-state index contributed by atoms with van der Waals surface area (Å²) in [5, 5.41) is 0. The predicted octanol–water partition coefficient (Wildman–Crippen LogP) is 4.96. The van der Waals surface area contributed by atoms with Gasteiger partial charge in [-0.2, -0.15) is 0 Å². The Labute approximate surface area is 159 Å². The number of halogens is 1. The van der Waals surface area contributed by atoms with Gasteiger partial charge in [0.25, 0.3) is 0 Å². The van der Waals surface area contributed by atoms with Crippen LogP contribution in [0, 0.1) is 5.82 Å². The van der Waals surface area contributed by atoms with Crippen molar-refractivity contribution < 1.29 is 23.5 Å². The molecule has 0 unspecified atom stereocenters. The third-order valence-electron chi connectivity index (χ3n) is 4.15. The van der Waals surface area contributed by atoms with Gasteiger partial charge in [-0.3, -0.25) is 0 Å². The molecule has 0 aliphatic rings. The van der Waals surface area contributed by atoms with E-state index >= 15 is 0 Å². The van der Waals surface area contributed by atoms with E-state index in [2.05, 4.69) is 6.92 Å². The van der Waals surface area contributed by atoms with E-state index in [0.717, 1.165) is 25.7 Å². The fourth-order valence-electron chi connectivity index (χ4n) is 2.56. The van der Waals surface area contributed by atoms with Gasteiger partial charge in [0, 0.05) is 6.42 Å². The van der Waals surface area contributed by atoms with E-state index in [-0.39, 0.29) is 12.4 Å². The number of rotatable bonds is 10. The normalized spacial score (nSPS) is 10.4. The molecule has 0 aliphatic heterocycles. The smallest absolute Gasteiger partial charge is 0.338 e. The number of unbranched alkanes of at least 4 members (excludes halogenated alkanes) is 3. The summed E-state index contributed by atoms with van der Waals surface area (Å²) in [7, 11) is 0. The zero-order valence-corrected chi connectivity index (χ0v) is 15.6. The van der Waals surface area contributed by atoms with Crippen molar-refractivity contribution in [2.75, 3.05) is 13.2 Å². The van der Waals surface area contributed by atoms with Crippen LogP contribution in [0.2, 0.25) is 0 Å². The molecule has 0 radical (unpaired) electrons. The fourth-order valence-corrected chi connectivity index (χ4v) is 2.56. The summed E-state index contributed by atoms with van der Waals surface area (Å²) in [5.74, 6) is -1.22. The molecule has 0 heterocycles. The van der Waals surface area contributed by atoms with Gasteiger partial charge in [-0.15, -0.1) is 0 Å². The van der Waals surface area contributed by atoms with E-state index in [1.807, 2.05) is 0 Å². The first-order valence-electron chi connectivity index (χ1n) is 9.29. The van der Waals surface area contributed by atoms with Gasteiger partial charge >= 0.3 is 11.9 Å². The van der Waals surface area contributed by atoms with Gasteiger partial charge in [-0.1, -0.05) is 44.4 Å². The molecule has 0 bridgehead atoms. The molecule has 0 atom stereocenters. The molecule has 5 heteroatoms. The zero-order valence-electron chi connectivity index (χ0n) is 15.6. The average Bonchev–Trinajstić information content (AvgIpc) is 2.69. The van der Waals surface area contributed by atoms with Crippen molar-refractivity contribution in [3.8, 4) is 0 Å². The highest BCUT2D eigenvalue weighted by Gasteiger charge is 2.11. The number of benzene rings is 2. The minimum atomic E-state index is -0.508. The van der Waals surface area contributed by atoms with Crippen LogP contribution in [0.5, 0.6) is 0 Å². The maximum Gasteiger partial charge on any atom is 0.338 e. The summed E-state index contributed by atoms with van der Waals surface area (Å²) in [6, 6.07) is 12.5. The fraction of sp³-hybridized carbons (Fsp3) is 0.364. The minimum absolute atomic E-state index is 0.0846. The van der Waals surface area contributed by atoms with Gasteiger partial charge in [0.2, 0.25) is 0 Å². The Bertz CT molecular complexity index is 740. The van der Waals surface area contributed by atoms with Gasteiger partial charge in [0.15, 0.2) is 0 Å². The Balaban J connectivity index is 1.77. The number of esters is 2. The quantitative estimate of drug-likeness (QED) is 0.437. The summed E-state index contributed by atoms with van der Waals surface area (Å²) in [6.45, 7) is 2.61. The first-order valence-corrected chi connectivity index (χ1v) is 9.29. The molecule has 2 aromatic rings. The molecule has 144 valence electrons. The molecule has 0 aliphatic carbocycles. The second-order valence-corrected chi connectivity index (χ2v) is 6.25. The average molecular weight is 372 g/mol. The lowest BCUT2D eigenvalue weighted by molar-refractivity contribution is 0.0487. The maximum atomic E-state index is 13.5. The van der Waals surface area contributed by atoms with Crippen LogP contribution in [0.1, 0.15) is 58.9 Å². The van der Waals surface area contributed by atoms with E-state index in [1.165, 1.54) is 18.2 Å². The van der Waals surface area contributed by atoms with Gasteiger partial charge in [-0.25, -0.2) is 14.0 Å². The van der Waals surface area contributed by atoms with E-state index in [9.17, 15) is 14.0 Å². The predicted molar refractivity (Wildman–Crippen MR) is 101 cm³/mol. The van der Waals surface area contributed by atoms with Gasteiger partial charge < -0.3 is 9.47 Å². The molecule has 4 nitrogen and oxygen atoms in total. The molecule has 2 rings (SSSR count). The maximum absolute atomic E-state index is 13.5. The molecule has 0 saturated heterocycles. The highest BCUT2D eigenvalue weighted by molar-refractivity contribution is 5.93. The monoisotopic (exact) mass is 372 g/mol. The van der Waals surface area contributed by atoms with Crippen molar-refractivity contribution in [1.29, 1.82) is 0 Å². The first-order chi connectivity index (χ1) is 13.1. The van der Waals surface area contributed by atoms with Crippen LogP contribution in [-0.4, -0.2) is 25.2 Å². The second-order valence-electron chi connectivity index (χ2n) is 6.25. The van der Waals surface area contributed by atoms with E-state index in [0.29, 0.717) is 29.7 Å². The lowest BCUT2D eigenvalue weighted by Crippen LogP contribution is -2.10. The molecule has 0 fully saturated rings. The van der Waals surface area contributed by atoms with Crippen LogP contribution >= 0.6 is 0 Å². The Morgan fingerprint density at radius 1 is 0.815 bits per heavy atom. The summed E-state index contributed by atoms with van der Waals surface area (Å²) in [6.07, 6.45) is 4.46. The summed E-state index contributed by atoms with van der Waals surface area (Å²) in [5.41, 5.74) is 1.23. The Kier molecular flexibility index (Phi) is 8.49. The molecule has 0 amide bonds. The third-order valence-corrected chi connectivity index (χ3v) is 4.15. The van der Waals surface area contributed by atoms with Crippen molar-refractivity contribution in [2.24, 2.45) is 0 Å². The molecule has 27 heavy (non-hydrogen) atoms. The standard InChI is InChI=1S/C22H25FO4/c1-2-3-4-7-15-26-21(24)18-10-12-19(13-11-18)22(25)27-16-14-17-8-5-6-9-20(17)23/h5-6,8-13H,2-4,7,14-16H2,1H3. The van der Waals surface area contributed by atoms with Crippen LogP contribution in [0.15, 0.2) is 48.5 Å². The Hall–Kier alpha value is -2.69. The molecular formula is C22H25FO4. The van der Waals surface area contributed by atoms with Crippen molar-refractivity contribution >= 4 is 11.9 Å². The van der Waals surface area contributed by atoms with Gasteiger partial charge in [0.05, 0.1) is 24.3 Å². The number of ether oxygens (including phenoxy) is 2. The molecule has 0 aromatic heterocycles. The molecule has 2 aromatic carbocycles. The van der Waals surface area contributed by atoms with E-state index in [4.69, 9.17) is 9.47 Å². The molecular weight excluding hydrogens is 347 g/mol. The number of hydrogen-bond acceptors (Lipinski definition) is 4. The van der Waals surface area contributed by atoms with Crippen molar-refractivity contribution in [3.63, 3.8) is 0 Å². The summed E-state index contributed by atoms with van der Waals surface area (Å²) in [4.78, 5) is 24.0. The molecule has 0 spiro atoms. The van der Waals surface area contributed by atoms with Gasteiger partial charge in [0.1, 0.15) is 5.82 Å². The largest absolute Gasteiger partial charge is 0.462 e. The van der Waals surface area contributed by atoms with Crippen LogP contribution in [0.4, 0.5) is 4.39 Å². The third kappa shape index (κ3) is 6.85. The van der Waals surface area contributed by atoms with Gasteiger partial charge in [-0.05, 0) is 42.3 Å². The second kappa shape index (κ2) is 11.1. The Morgan fingerprint density at radius 2 is 1.41 bits per heavy atom. The van der Waals surface area contributed by atoms with Crippen LogP contribution in [0.3, 0.4) is 0 Å². The number of carbonyl (C=O) groups excluding carboxylic acids is 2. The van der Waals surface area contributed by atoms with Crippen molar-refractivity contribution in [1.82, 2.24) is 0 Å². The topological polar surface area (TPSA) is 52.6 Å². The molecule has 0 N–H and O–H groups in total. The van der Waals surface area contributed by atoms with Crippen molar-refractivity contribution in [3.05, 3.63) is 71.0 Å². The number of hydrogen-bond donors (Lipinski definition) is 0. The highest BCUT2D eigenvalue weighted by atomic mass is 19.1. The summed E-state index contributed by atoms with van der Waals surface area (Å²) < 4.78 is 23.9. The first kappa shape index (κ1) is 20.6. The van der Waals surface area contributed by atoms with E-state index < -0.39 is 11.9 Å². The molecule has 0 saturated carbocycles. The zero-order chi connectivity index (χ0) is 19.5. The highest BCUT2D eigenvalue weighted by Crippen LogP contribution is 2.10. The van der Waals surface area contributed by atoms with Crippen LogP contribution in [0.25, 0.3) is 0 Å². The van der Waals surface area contributed by atoms with Crippen molar-refractivity contribution in [2.45, 2.75) is 39.0 Å². The van der Waals surface area contributed by atoms with Crippen LogP contribution in [-0.2, 0) is 15.9 Å². The van der Waals surface area contributed by atoms with E-state index in [1.54, 1.807) is 30.3 Å². The Morgan fingerprint density at radius 3 is 2.00 bits per heavy atom. The summed E-state index contributed by atoms with van der Waals surface area (Å²) >= 11 is 0.